The van der Waals surface area contributed by atoms with Crippen molar-refractivity contribution in [1.82, 2.24) is 0 Å². The third-order valence-electron chi connectivity index (χ3n) is 3.87. The van der Waals surface area contributed by atoms with E-state index in [1.54, 1.807) is 0 Å². The maximum absolute atomic E-state index is 12.1. The number of hydrogen-bond donors (Lipinski definition) is 2. The molecule has 1 aliphatic rings. The van der Waals surface area contributed by atoms with Gasteiger partial charge in [0.1, 0.15) is 0 Å². The van der Waals surface area contributed by atoms with Crippen molar-refractivity contribution in [2.45, 2.75) is 44.9 Å². The van der Waals surface area contributed by atoms with Crippen molar-refractivity contribution in [2.75, 3.05) is 11.9 Å². The molecule has 0 spiro atoms. The van der Waals surface area contributed by atoms with E-state index in [9.17, 15) is 4.79 Å². The molecule has 104 valence electrons. The van der Waals surface area contributed by atoms with Crippen LogP contribution in [0.2, 0.25) is 0 Å². The van der Waals surface area contributed by atoms with E-state index in [4.69, 9.17) is 5.73 Å². The van der Waals surface area contributed by atoms with Gasteiger partial charge in [0.15, 0.2) is 0 Å². The lowest BCUT2D eigenvalue weighted by atomic mass is 9.88. The van der Waals surface area contributed by atoms with Crippen molar-refractivity contribution >= 4 is 11.6 Å². The van der Waals surface area contributed by atoms with Crippen LogP contribution in [0.3, 0.4) is 0 Å². The normalized spacial score (nSPS) is 16.3. The number of carbonyl (C=O) groups excluding carboxylic acids is 1. The van der Waals surface area contributed by atoms with Crippen LogP contribution in [0.25, 0.3) is 0 Å². The van der Waals surface area contributed by atoms with Crippen LogP contribution in [0.5, 0.6) is 0 Å². The Hall–Kier alpha value is -1.35. The first-order valence-electron chi connectivity index (χ1n) is 7.39. The summed E-state index contributed by atoms with van der Waals surface area (Å²) in [4.78, 5) is 12.1. The summed E-state index contributed by atoms with van der Waals surface area (Å²) in [5.41, 5.74) is 7.69. The summed E-state index contributed by atoms with van der Waals surface area (Å²) in [5.74, 6) is 0.403. The van der Waals surface area contributed by atoms with Crippen molar-refractivity contribution in [2.24, 2.45) is 11.7 Å². The Bertz CT molecular complexity index is 394. The van der Waals surface area contributed by atoms with E-state index >= 15 is 0 Å². The van der Waals surface area contributed by atoms with Gasteiger partial charge in [-0.15, -0.1) is 0 Å². The minimum atomic E-state index is 0.189. The van der Waals surface area contributed by atoms with Crippen LogP contribution in [0, 0.1) is 5.92 Å². The molecule has 1 aliphatic carbocycles. The lowest BCUT2D eigenvalue weighted by Gasteiger charge is -2.20. The van der Waals surface area contributed by atoms with Crippen molar-refractivity contribution in [1.29, 1.82) is 0 Å². The van der Waals surface area contributed by atoms with Gasteiger partial charge in [-0.3, -0.25) is 4.79 Å². The summed E-state index contributed by atoms with van der Waals surface area (Å²) in [6.07, 6.45) is 7.76. The van der Waals surface area contributed by atoms with E-state index in [2.05, 4.69) is 17.4 Å². The summed E-state index contributed by atoms with van der Waals surface area (Å²) in [7, 11) is 0. The van der Waals surface area contributed by atoms with Crippen LogP contribution in [-0.2, 0) is 11.2 Å². The van der Waals surface area contributed by atoms with Gasteiger partial charge in [0.25, 0.3) is 0 Å². The van der Waals surface area contributed by atoms with Gasteiger partial charge < -0.3 is 11.1 Å². The average molecular weight is 260 g/mol. The van der Waals surface area contributed by atoms with Gasteiger partial charge in [-0.1, -0.05) is 31.4 Å². The lowest BCUT2D eigenvalue weighted by Crippen LogP contribution is -2.24. The molecule has 1 saturated carbocycles. The average Bonchev–Trinajstić information content (AvgIpc) is 2.47. The fourth-order valence-corrected chi connectivity index (χ4v) is 2.67. The standard InChI is InChI=1S/C16H24N2O/c17-12-4-5-13-8-10-15(11-9-13)18-16(19)14-6-2-1-3-7-14/h8-11,14H,1-7,12,17H2,(H,18,19). The number of aryl methyl sites for hydroxylation is 1. The Morgan fingerprint density at radius 2 is 1.84 bits per heavy atom. The number of hydrogen-bond acceptors (Lipinski definition) is 2. The number of anilines is 1. The Kier molecular flexibility index (Phi) is 5.40. The molecular weight excluding hydrogens is 236 g/mol. The molecule has 0 radical (unpaired) electrons. The molecule has 0 unspecified atom stereocenters. The first kappa shape index (κ1) is 14.1. The van der Waals surface area contributed by atoms with Crippen molar-refractivity contribution in [3.8, 4) is 0 Å². The van der Waals surface area contributed by atoms with Crippen LogP contribution < -0.4 is 11.1 Å². The van der Waals surface area contributed by atoms with Gasteiger partial charge in [0, 0.05) is 11.6 Å². The van der Waals surface area contributed by atoms with E-state index in [1.165, 1.54) is 24.8 Å². The third kappa shape index (κ3) is 4.35. The molecule has 0 aromatic heterocycles. The second-order valence-corrected chi connectivity index (χ2v) is 5.41. The quantitative estimate of drug-likeness (QED) is 0.854. The molecule has 1 aromatic carbocycles. The number of nitrogens with one attached hydrogen (secondary N) is 1. The molecule has 0 aliphatic heterocycles. The van der Waals surface area contributed by atoms with Gasteiger partial charge in [0.2, 0.25) is 5.91 Å². The van der Waals surface area contributed by atoms with Gasteiger partial charge in [0.05, 0.1) is 0 Å². The predicted molar refractivity (Wildman–Crippen MR) is 79.0 cm³/mol. The number of carbonyl (C=O) groups is 1. The molecule has 19 heavy (non-hydrogen) atoms. The molecular formula is C16H24N2O. The topological polar surface area (TPSA) is 55.1 Å². The first-order chi connectivity index (χ1) is 9.29. The molecule has 1 amide bonds. The maximum atomic E-state index is 12.1. The zero-order chi connectivity index (χ0) is 13.5. The Morgan fingerprint density at radius 3 is 2.47 bits per heavy atom. The van der Waals surface area contributed by atoms with Crippen LogP contribution >= 0.6 is 0 Å². The molecule has 1 fully saturated rings. The number of amides is 1. The molecule has 0 atom stereocenters. The summed E-state index contributed by atoms with van der Waals surface area (Å²) >= 11 is 0. The SMILES string of the molecule is NCCCc1ccc(NC(=O)C2CCCCC2)cc1. The number of benzene rings is 1. The monoisotopic (exact) mass is 260 g/mol. The first-order valence-corrected chi connectivity index (χ1v) is 7.39. The largest absolute Gasteiger partial charge is 0.330 e. The molecule has 3 nitrogen and oxygen atoms in total. The van der Waals surface area contributed by atoms with Gasteiger partial charge in [-0.25, -0.2) is 0 Å². The minimum absolute atomic E-state index is 0.189. The summed E-state index contributed by atoms with van der Waals surface area (Å²) in [5, 5.41) is 3.03. The highest BCUT2D eigenvalue weighted by atomic mass is 16.1. The Balaban J connectivity index is 1.86. The van der Waals surface area contributed by atoms with Crippen molar-refractivity contribution in [3.63, 3.8) is 0 Å². The van der Waals surface area contributed by atoms with E-state index < -0.39 is 0 Å². The number of nitrogens with two attached hydrogens (primary N) is 1. The second kappa shape index (κ2) is 7.29. The van der Waals surface area contributed by atoms with E-state index in [0.29, 0.717) is 0 Å². The predicted octanol–water partition coefficient (Wildman–Crippen LogP) is 3.10. The maximum Gasteiger partial charge on any atom is 0.227 e. The highest BCUT2D eigenvalue weighted by molar-refractivity contribution is 5.92. The molecule has 3 heteroatoms. The van der Waals surface area contributed by atoms with Crippen LogP contribution in [0.15, 0.2) is 24.3 Å². The Labute approximate surface area is 115 Å². The van der Waals surface area contributed by atoms with Crippen LogP contribution in [-0.4, -0.2) is 12.5 Å². The fourth-order valence-electron chi connectivity index (χ4n) is 2.67. The van der Waals surface area contributed by atoms with E-state index in [0.717, 1.165) is 37.9 Å². The lowest BCUT2D eigenvalue weighted by molar-refractivity contribution is -0.120. The molecule has 1 aromatic rings. The van der Waals surface area contributed by atoms with Crippen molar-refractivity contribution < 1.29 is 4.79 Å². The highest BCUT2D eigenvalue weighted by Gasteiger charge is 2.20. The molecule has 0 heterocycles. The fraction of sp³-hybridized carbons (Fsp3) is 0.562. The smallest absolute Gasteiger partial charge is 0.227 e. The van der Waals surface area contributed by atoms with Gasteiger partial charge in [-0.2, -0.15) is 0 Å². The summed E-state index contributed by atoms with van der Waals surface area (Å²) < 4.78 is 0. The van der Waals surface area contributed by atoms with Crippen molar-refractivity contribution in [3.05, 3.63) is 29.8 Å². The molecule has 0 bridgehead atoms. The zero-order valence-corrected chi connectivity index (χ0v) is 11.5. The summed E-state index contributed by atoms with van der Waals surface area (Å²) in [6, 6.07) is 8.14. The second-order valence-electron chi connectivity index (χ2n) is 5.41. The van der Waals surface area contributed by atoms with E-state index in [-0.39, 0.29) is 11.8 Å². The number of rotatable bonds is 5. The third-order valence-corrected chi connectivity index (χ3v) is 3.87. The summed E-state index contributed by atoms with van der Waals surface area (Å²) in [6.45, 7) is 0.722. The highest BCUT2D eigenvalue weighted by Crippen LogP contribution is 2.25. The molecule has 2 rings (SSSR count). The zero-order valence-electron chi connectivity index (χ0n) is 11.5. The minimum Gasteiger partial charge on any atom is -0.330 e. The van der Waals surface area contributed by atoms with Crippen LogP contribution in [0.1, 0.15) is 44.1 Å². The molecule has 3 N–H and O–H groups in total. The Morgan fingerprint density at radius 1 is 1.16 bits per heavy atom. The van der Waals surface area contributed by atoms with Crippen LogP contribution in [0.4, 0.5) is 5.69 Å². The van der Waals surface area contributed by atoms with Gasteiger partial charge >= 0.3 is 0 Å². The van der Waals surface area contributed by atoms with Gasteiger partial charge in [-0.05, 0) is 49.9 Å². The van der Waals surface area contributed by atoms with E-state index in [1.807, 2.05) is 12.1 Å². The molecule has 0 saturated heterocycles.